The first kappa shape index (κ1) is 85.6. The maximum absolute atomic E-state index is 13.9. The third-order valence-corrected chi connectivity index (χ3v) is 16.8. The van der Waals surface area contributed by atoms with Gasteiger partial charge in [-0.25, -0.2) is 19.2 Å². The van der Waals surface area contributed by atoms with Crippen molar-refractivity contribution in [1.29, 1.82) is 0 Å². The van der Waals surface area contributed by atoms with Gasteiger partial charge < -0.3 is 57.9 Å². The number of ether oxygens (including phenoxy) is 8. The smallest absolute Gasteiger partial charge is 0.428 e. The third-order valence-electron chi connectivity index (χ3n) is 16.8. The minimum absolute atomic E-state index is 0.361. The van der Waals surface area contributed by atoms with Gasteiger partial charge in [0.1, 0.15) is 45.4 Å². The maximum atomic E-state index is 13.9. The number of anilines is 4. The van der Waals surface area contributed by atoms with Crippen LogP contribution in [0.15, 0.2) is 48.5 Å². The molecule has 0 saturated carbocycles. The molecule has 1 N–H and O–H groups in total. The number of hydrogen-bond acceptors (Lipinski definition) is 16. The highest BCUT2D eigenvalue weighted by atomic mass is 16.8. The monoisotopic (exact) mass is 1390 g/mol. The molecule has 0 aliphatic carbocycles. The molecule has 100 heavy (non-hydrogen) atoms. The zero-order chi connectivity index (χ0) is 77.6. The Balaban J connectivity index is 2.36. The number of carbonyl (C=O) groups excluding carboxylic acids is 4. The summed E-state index contributed by atoms with van der Waals surface area (Å²) in [6.45, 7) is 74.6. The van der Waals surface area contributed by atoms with Crippen LogP contribution in [0.5, 0.6) is 23.0 Å². The lowest BCUT2D eigenvalue weighted by atomic mass is 9.78. The van der Waals surface area contributed by atoms with E-state index in [-0.39, 0.29) is 0 Å². The van der Waals surface area contributed by atoms with Crippen molar-refractivity contribution in [3.63, 3.8) is 0 Å². The molecule has 0 spiro atoms. The van der Waals surface area contributed by atoms with Crippen LogP contribution in [0.25, 0.3) is 0 Å². The molecule has 0 saturated heterocycles. The fourth-order valence-corrected chi connectivity index (χ4v) is 11.9. The van der Waals surface area contributed by atoms with Crippen molar-refractivity contribution in [1.82, 2.24) is 0 Å². The van der Waals surface area contributed by atoms with Gasteiger partial charge in [-0.05, 0) is 175 Å². The van der Waals surface area contributed by atoms with E-state index in [4.69, 9.17) is 37.9 Å². The molecule has 0 aliphatic rings. The number of benzene rings is 4. The van der Waals surface area contributed by atoms with Gasteiger partial charge >= 0.3 is 24.6 Å². The van der Waals surface area contributed by atoms with Crippen molar-refractivity contribution in [2.24, 2.45) is 5.41 Å². The molecule has 4 rings (SSSR count). The molecule has 0 amide bonds. The number of nitrogens with zero attached hydrogens (tertiary/aromatic N) is 3. The van der Waals surface area contributed by atoms with Crippen LogP contribution in [0, 0.1) is 5.41 Å². The summed E-state index contributed by atoms with van der Waals surface area (Å²) >= 11 is 0. The van der Waals surface area contributed by atoms with E-state index in [1.54, 1.807) is 0 Å². The second-order valence-electron chi connectivity index (χ2n) is 40.2. The van der Waals surface area contributed by atoms with Gasteiger partial charge in [0, 0.05) is 120 Å². The quantitative estimate of drug-likeness (QED) is 0.0639. The first-order chi connectivity index (χ1) is 44.4. The van der Waals surface area contributed by atoms with Gasteiger partial charge in [0.25, 0.3) is 0 Å². The standard InChI is InChI=1S/C84H134N4O12/c1-72(2,3)56-40-52(41-57(73(4,5)6)64(56)93-68(89)97-80(25,26)27)85-48-84(49-86(37)53-42-58(74(7,8)9)65(59(43-53)75(10,11)12)94-69(90)98-81(28,29)30,50-87(38)54-44-60(76(13,14)15)66(61(45-54)77(16,17)18)95-70(91)99-82(31,32)33)51-88(39)55-46-62(78(19,20)21)67(63(47-55)79(22,23)24)96-71(92)100-83(34,35)36/h40-47,85H,48-51H2,1-39H3. The first-order valence-electron chi connectivity index (χ1n) is 35.7. The molecule has 0 aliphatic heterocycles. The molecule has 0 atom stereocenters. The Labute approximate surface area is 605 Å². The Morgan fingerprint density at radius 1 is 0.280 bits per heavy atom. The summed E-state index contributed by atoms with van der Waals surface area (Å²) in [5.74, 6) is 1.86. The average molecular weight is 1390 g/mol. The van der Waals surface area contributed by atoms with Crippen LogP contribution in [0.2, 0.25) is 0 Å². The second-order valence-corrected chi connectivity index (χ2v) is 40.2. The zero-order valence-corrected chi connectivity index (χ0v) is 69.7. The van der Waals surface area contributed by atoms with Gasteiger partial charge in [-0.3, -0.25) is 0 Å². The zero-order valence-electron chi connectivity index (χ0n) is 69.7. The highest BCUT2D eigenvalue weighted by Crippen LogP contribution is 2.49. The summed E-state index contributed by atoms with van der Waals surface area (Å²) in [5.41, 5.74) is 1.97. The molecule has 0 aromatic heterocycles. The molecule has 4 aromatic rings. The summed E-state index contributed by atoms with van der Waals surface area (Å²) in [4.78, 5) is 62.4. The van der Waals surface area contributed by atoms with Gasteiger partial charge in [0.05, 0.1) is 0 Å². The summed E-state index contributed by atoms with van der Waals surface area (Å²) in [6.07, 6.45) is -3.13. The molecule has 16 heteroatoms. The number of nitrogens with one attached hydrogen (secondary N) is 1. The van der Waals surface area contributed by atoms with Crippen molar-refractivity contribution in [3.8, 4) is 23.0 Å². The number of carbonyl (C=O) groups is 4. The predicted molar refractivity (Wildman–Crippen MR) is 414 cm³/mol. The van der Waals surface area contributed by atoms with E-state index in [0.29, 0.717) is 49.2 Å². The SMILES string of the molecule is CN(CC(CNc1cc(C(C)(C)C)c(OC(=O)OC(C)(C)C)c(C(C)(C)C)c1)(CN(C)c1cc(C(C)(C)C)c(OC(=O)OC(C)(C)C)c(C(C)(C)C)c1)CN(C)c1cc(C(C)(C)C)c(OC(=O)OC(C)(C)C)c(C(C)(C)C)c1)c1cc(C(C)(C)C)c(OC(=O)OC(C)(C)C)c(C(C)(C)C)c1. The summed E-state index contributed by atoms with van der Waals surface area (Å²) in [7, 11) is 6.39. The average Bonchev–Trinajstić information content (AvgIpc) is 0.777. The van der Waals surface area contributed by atoms with Crippen LogP contribution >= 0.6 is 0 Å². The normalized spacial score (nSPS) is 13.5. The van der Waals surface area contributed by atoms with E-state index in [0.717, 1.165) is 67.3 Å². The second kappa shape index (κ2) is 29.5. The number of rotatable bonds is 16. The van der Waals surface area contributed by atoms with E-state index in [1.165, 1.54) is 0 Å². The third kappa shape index (κ3) is 24.4. The van der Waals surface area contributed by atoms with E-state index in [2.05, 4.69) is 256 Å². The van der Waals surface area contributed by atoms with Crippen LogP contribution < -0.4 is 39.0 Å². The highest BCUT2D eigenvalue weighted by Gasteiger charge is 2.42. The number of hydrogen-bond donors (Lipinski definition) is 1. The lowest BCUT2D eigenvalue weighted by Crippen LogP contribution is -2.54. The molecule has 0 unspecified atom stereocenters. The molecule has 0 heterocycles. The first-order valence-corrected chi connectivity index (χ1v) is 35.7. The predicted octanol–water partition coefficient (Wildman–Crippen LogP) is 22.1. The van der Waals surface area contributed by atoms with Crippen LogP contribution in [-0.4, -0.2) is 94.3 Å². The molecule has 0 radical (unpaired) electrons. The van der Waals surface area contributed by atoms with E-state index in [9.17, 15) is 19.2 Å². The summed E-state index contributed by atoms with van der Waals surface area (Å²) < 4.78 is 48.8. The van der Waals surface area contributed by atoms with Crippen LogP contribution in [0.3, 0.4) is 0 Å². The minimum Gasteiger partial charge on any atom is -0.428 e. The Morgan fingerprint density at radius 3 is 0.590 bits per heavy atom. The highest BCUT2D eigenvalue weighted by molar-refractivity contribution is 5.73. The van der Waals surface area contributed by atoms with Gasteiger partial charge in [-0.2, -0.15) is 0 Å². The fraction of sp³-hybridized carbons (Fsp3) is 0.667. The van der Waals surface area contributed by atoms with E-state index < -0.39 is 95.8 Å². The van der Waals surface area contributed by atoms with Crippen molar-refractivity contribution < 1.29 is 57.1 Å². The van der Waals surface area contributed by atoms with Crippen molar-refractivity contribution in [3.05, 3.63) is 93.0 Å². The molecule has 0 fully saturated rings. The molecular weight excluding hydrogens is 1260 g/mol. The van der Waals surface area contributed by atoms with Crippen LogP contribution in [-0.2, 0) is 62.3 Å². The summed E-state index contributed by atoms with van der Waals surface area (Å²) in [5, 5.41) is 4.10. The van der Waals surface area contributed by atoms with Crippen molar-refractivity contribution >= 4 is 47.4 Å². The van der Waals surface area contributed by atoms with Gasteiger partial charge in [-0.15, -0.1) is 0 Å². The molecule has 4 aromatic carbocycles. The molecular formula is C84H134N4O12. The topological polar surface area (TPSA) is 164 Å². The van der Waals surface area contributed by atoms with Crippen molar-refractivity contribution in [2.75, 3.05) is 67.3 Å². The Morgan fingerprint density at radius 2 is 0.440 bits per heavy atom. The van der Waals surface area contributed by atoms with Crippen molar-refractivity contribution in [2.45, 2.75) is 315 Å². The van der Waals surface area contributed by atoms with Gasteiger partial charge in [0.2, 0.25) is 0 Å². The Kier molecular flexibility index (Phi) is 25.2. The Bertz CT molecular complexity index is 3140. The van der Waals surface area contributed by atoms with E-state index in [1.807, 2.05) is 83.1 Å². The van der Waals surface area contributed by atoms with Gasteiger partial charge in [0.15, 0.2) is 0 Å². The molecule has 0 bridgehead atoms. The van der Waals surface area contributed by atoms with Crippen LogP contribution in [0.4, 0.5) is 41.9 Å². The molecule has 16 nitrogen and oxygen atoms in total. The minimum atomic E-state index is -0.825. The molecule has 562 valence electrons. The lowest BCUT2D eigenvalue weighted by Gasteiger charge is -2.45. The maximum Gasteiger partial charge on any atom is 0.514 e. The largest absolute Gasteiger partial charge is 0.514 e. The van der Waals surface area contributed by atoms with Crippen LogP contribution in [0.1, 0.15) is 294 Å². The van der Waals surface area contributed by atoms with Gasteiger partial charge in [-0.1, -0.05) is 166 Å². The van der Waals surface area contributed by atoms with E-state index >= 15 is 0 Å². The lowest BCUT2D eigenvalue weighted by molar-refractivity contribution is 0.0186. The Hall–Kier alpha value is -6.84. The summed E-state index contributed by atoms with van der Waals surface area (Å²) in [6, 6.07) is 17.1. The fourth-order valence-electron chi connectivity index (χ4n) is 11.9.